The molecule has 1 aromatic carbocycles. The monoisotopic (exact) mass is 255 g/mol. The maximum atomic E-state index is 5.49. The Kier molecular flexibility index (Phi) is 3.23. The van der Waals surface area contributed by atoms with E-state index in [0.29, 0.717) is 6.61 Å². The van der Waals surface area contributed by atoms with Crippen molar-refractivity contribution in [1.29, 1.82) is 0 Å². The molecule has 0 saturated carbocycles. The van der Waals surface area contributed by atoms with Gasteiger partial charge in [-0.3, -0.25) is 0 Å². The Bertz CT molecular complexity index is 583. The molecule has 4 heteroatoms. The zero-order valence-corrected chi connectivity index (χ0v) is 10.9. The van der Waals surface area contributed by atoms with Gasteiger partial charge in [-0.25, -0.2) is 4.98 Å². The van der Waals surface area contributed by atoms with Crippen LogP contribution in [-0.2, 0) is 6.42 Å². The van der Waals surface area contributed by atoms with Gasteiger partial charge >= 0.3 is 0 Å². The van der Waals surface area contributed by atoms with Crippen LogP contribution >= 0.6 is 0 Å². The van der Waals surface area contributed by atoms with Crippen LogP contribution in [0.2, 0.25) is 0 Å². The number of fused-ring (bicyclic) bond motifs is 1. The lowest BCUT2D eigenvalue weighted by molar-refractivity contribution is 0.340. The van der Waals surface area contributed by atoms with Crippen LogP contribution in [0.25, 0.3) is 0 Å². The summed E-state index contributed by atoms with van der Waals surface area (Å²) >= 11 is 0. The normalized spacial score (nSPS) is 12.7. The first kappa shape index (κ1) is 11.8. The Labute approximate surface area is 112 Å². The highest BCUT2D eigenvalue weighted by molar-refractivity contribution is 5.64. The number of ether oxygens (including phenoxy) is 1. The number of anilines is 3. The second-order valence-corrected chi connectivity index (χ2v) is 4.49. The van der Waals surface area contributed by atoms with Gasteiger partial charge in [-0.15, -0.1) is 0 Å². The van der Waals surface area contributed by atoms with E-state index in [-0.39, 0.29) is 0 Å². The first-order chi connectivity index (χ1) is 9.35. The predicted molar refractivity (Wildman–Crippen MR) is 77.3 cm³/mol. The first-order valence-electron chi connectivity index (χ1n) is 6.58. The molecule has 0 spiro atoms. The van der Waals surface area contributed by atoms with Crippen molar-refractivity contribution in [3.63, 3.8) is 0 Å². The van der Waals surface area contributed by atoms with Crippen molar-refractivity contribution in [2.45, 2.75) is 13.3 Å². The van der Waals surface area contributed by atoms with Crippen LogP contribution in [0, 0.1) is 0 Å². The molecule has 98 valence electrons. The van der Waals surface area contributed by atoms with E-state index in [1.54, 1.807) is 0 Å². The number of nitrogens with one attached hydrogen (secondary N) is 2. The number of rotatable bonds is 4. The predicted octanol–water partition coefficient (Wildman–Crippen LogP) is 3.19. The third kappa shape index (κ3) is 2.62. The second kappa shape index (κ2) is 5.18. The van der Waals surface area contributed by atoms with Gasteiger partial charge in [-0.05, 0) is 37.1 Å². The minimum Gasteiger partial charge on any atom is -0.494 e. The topological polar surface area (TPSA) is 46.2 Å². The molecule has 19 heavy (non-hydrogen) atoms. The van der Waals surface area contributed by atoms with E-state index in [1.807, 2.05) is 37.4 Å². The molecular formula is C15H17N3O. The molecule has 0 amide bonds. The van der Waals surface area contributed by atoms with Gasteiger partial charge in [-0.2, -0.15) is 0 Å². The zero-order valence-electron chi connectivity index (χ0n) is 10.9. The van der Waals surface area contributed by atoms with Crippen molar-refractivity contribution in [3.05, 3.63) is 42.1 Å². The van der Waals surface area contributed by atoms with E-state index in [0.717, 1.165) is 35.9 Å². The Morgan fingerprint density at radius 2 is 2.26 bits per heavy atom. The van der Waals surface area contributed by atoms with Gasteiger partial charge < -0.3 is 15.4 Å². The van der Waals surface area contributed by atoms with Crippen LogP contribution in [0.15, 0.2) is 36.5 Å². The number of nitrogens with zero attached hydrogens (tertiary/aromatic N) is 1. The van der Waals surface area contributed by atoms with Crippen molar-refractivity contribution >= 4 is 17.2 Å². The summed E-state index contributed by atoms with van der Waals surface area (Å²) in [6.07, 6.45) is 2.89. The van der Waals surface area contributed by atoms with E-state index in [2.05, 4.69) is 21.7 Å². The third-order valence-electron chi connectivity index (χ3n) is 3.09. The highest BCUT2D eigenvalue weighted by Gasteiger charge is 2.11. The van der Waals surface area contributed by atoms with Gasteiger partial charge in [0.05, 0.1) is 18.5 Å². The summed E-state index contributed by atoms with van der Waals surface area (Å²) in [6, 6.07) is 10.1. The molecule has 4 nitrogen and oxygen atoms in total. The van der Waals surface area contributed by atoms with Crippen LogP contribution in [-0.4, -0.2) is 18.1 Å². The minimum atomic E-state index is 0.676. The summed E-state index contributed by atoms with van der Waals surface area (Å²) in [5.41, 5.74) is 3.29. The zero-order chi connectivity index (χ0) is 13.1. The van der Waals surface area contributed by atoms with Crippen molar-refractivity contribution in [2.24, 2.45) is 0 Å². The Morgan fingerprint density at radius 1 is 1.32 bits per heavy atom. The molecule has 0 unspecified atom stereocenters. The van der Waals surface area contributed by atoms with Crippen LogP contribution < -0.4 is 15.4 Å². The summed E-state index contributed by atoms with van der Waals surface area (Å²) in [4.78, 5) is 4.41. The second-order valence-electron chi connectivity index (χ2n) is 4.49. The van der Waals surface area contributed by atoms with Crippen LogP contribution in [0.5, 0.6) is 5.75 Å². The molecule has 0 radical (unpaired) electrons. The SMILES string of the molecule is CCOc1cccc(Nc2cnc3c(c2)CCN3)c1. The summed E-state index contributed by atoms with van der Waals surface area (Å²) in [5, 5.41) is 6.62. The molecule has 1 aliphatic rings. The first-order valence-corrected chi connectivity index (χ1v) is 6.58. The van der Waals surface area contributed by atoms with Gasteiger partial charge in [0.2, 0.25) is 0 Å². The van der Waals surface area contributed by atoms with Crippen molar-refractivity contribution in [1.82, 2.24) is 4.98 Å². The summed E-state index contributed by atoms with van der Waals surface area (Å²) in [6.45, 7) is 3.64. The fraction of sp³-hybridized carbons (Fsp3) is 0.267. The quantitative estimate of drug-likeness (QED) is 0.880. The molecule has 3 rings (SSSR count). The van der Waals surface area contributed by atoms with Gasteiger partial charge in [0, 0.05) is 18.3 Å². The van der Waals surface area contributed by atoms with Crippen LogP contribution in [0.1, 0.15) is 12.5 Å². The molecule has 1 aliphatic heterocycles. The Balaban J connectivity index is 1.79. The van der Waals surface area contributed by atoms with E-state index >= 15 is 0 Å². The van der Waals surface area contributed by atoms with Crippen LogP contribution in [0.4, 0.5) is 17.2 Å². The maximum Gasteiger partial charge on any atom is 0.129 e. The number of aromatic nitrogens is 1. The molecule has 2 heterocycles. The molecular weight excluding hydrogens is 238 g/mol. The lowest BCUT2D eigenvalue weighted by Gasteiger charge is -2.09. The molecule has 0 fully saturated rings. The lowest BCUT2D eigenvalue weighted by Crippen LogP contribution is -1.96. The van der Waals surface area contributed by atoms with Gasteiger partial charge in [0.15, 0.2) is 0 Å². The highest BCUT2D eigenvalue weighted by Crippen LogP contribution is 2.26. The van der Waals surface area contributed by atoms with Gasteiger partial charge in [0.25, 0.3) is 0 Å². The summed E-state index contributed by atoms with van der Waals surface area (Å²) < 4.78 is 5.49. The maximum absolute atomic E-state index is 5.49. The summed E-state index contributed by atoms with van der Waals surface area (Å²) in [5.74, 6) is 1.89. The van der Waals surface area contributed by atoms with E-state index in [4.69, 9.17) is 4.74 Å². The third-order valence-corrected chi connectivity index (χ3v) is 3.09. The Hall–Kier alpha value is -2.23. The molecule has 1 aromatic heterocycles. The Morgan fingerprint density at radius 3 is 3.16 bits per heavy atom. The van der Waals surface area contributed by atoms with Gasteiger partial charge in [-0.1, -0.05) is 6.07 Å². The lowest BCUT2D eigenvalue weighted by atomic mass is 10.2. The van der Waals surface area contributed by atoms with Crippen molar-refractivity contribution in [2.75, 3.05) is 23.8 Å². The van der Waals surface area contributed by atoms with Crippen LogP contribution in [0.3, 0.4) is 0 Å². The van der Waals surface area contributed by atoms with E-state index in [1.165, 1.54) is 5.56 Å². The average Bonchev–Trinajstić information content (AvgIpc) is 2.87. The smallest absolute Gasteiger partial charge is 0.129 e. The molecule has 0 atom stereocenters. The minimum absolute atomic E-state index is 0.676. The fourth-order valence-corrected chi connectivity index (χ4v) is 2.24. The highest BCUT2D eigenvalue weighted by atomic mass is 16.5. The standard InChI is InChI=1S/C15H17N3O/c1-2-19-14-5-3-4-12(9-14)18-13-8-11-6-7-16-15(11)17-10-13/h3-5,8-10,18H,2,6-7H2,1H3,(H,16,17). The van der Waals surface area contributed by atoms with Crippen molar-refractivity contribution in [3.8, 4) is 5.75 Å². The average molecular weight is 255 g/mol. The van der Waals surface area contributed by atoms with E-state index in [9.17, 15) is 0 Å². The number of hydrogen-bond acceptors (Lipinski definition) is 4. The fourth-order valence-electron chi connectivity index (χ4n) is 2.24. The van der Waals surface area contributed by atoms with Gasteiger partial charge in [0.1, 0.15) is 11.6 Å². The number of benzene rings is 1. The van der Waals surface area contributed by atoms with Crippen molar-refractivity contribution < 1.29 is 4.74 Å². The largest absolute Gasteiger partial charge is 0.494 e. The molecule has 0 saturated heterocycles. The number of hydrogen-bond donors (Lipinski definition) is 2. The molecule has 0 bridgehead atoms. The molecule has 0 aliphatic carbocycles. The molecule has 2 N–H and O–H groups in total. The number of pyridine rings is 1. The van der Waals surface area contributed by atoms with E-state index < -0.39 is 0 Å². The summed E-state index contributed by atoms with van der Waals surface area (Å²) in [7, 11) is 0. The molecule has 2 aromatic rings.